The van der Waals surface area contributed by atoms with Crippen LogP contribution in [0.25, 0.3) is 0 Å². The van der Waals surface area contributed by atoms with E-state index in [1.807, 2.05) is 19.1 Å². The van der Waals surface area contributed by atoms with Crippen LogP contribution in [0.3, 0.4) is 0 Å². The van der Waals surface area contributed by atoms with E-state index in [0.29, 0.717) is 10.9 Å². The van der Waals surface area contributed by atoms with Gasteiger partial charge in [0.1, 0.15) is 11.5 Å². The molecule has 0 saturated heterocycles. The van der Waals surface area contributed by atoms with Crippen molar-refractivity contribution >= 4 is 23.5 Å². The molecule has 5 nitrogen and oxygen atoms in total. The third-order valence-electron chi connectivity index (χ3n) is 2.15. The molecule has 0 heterocycles. The Kier molecular flexibility index (Phi) is 5.93. The summed E-state index contributed by atoms with van der Waals surface area (Å²) in [4.78, 5) is 0. The Hall–Kier alpha value is -1.82. The minimum Gasteiger partial charge on any atom is -0.497 e. The van der Waals surface area contributed by atoms with E-state index in [0.717, 1.165) is 17.9 Å². The van der Waals surface area contributed by atoms with Crippen LogP contribution in [0.4, 0.5) is 0 Å². The van der Waals surface area contributed by atoms with E-state index in [1.165, 1.54) is 0 Å². The van der Waals surface area contributed by atoms with E-state index in [-0.39, 0.29) is 0 Å². The molecule has 0 radical (unpaired) electrons. The van der Waals surface area contributed by atoms with Gasteiger partial charge in [-0.1, -0.05) is 0 Å². The third-order valence-corrected chi connectivity index (χ3v) is 2.38. The minimum absolute atomic E-state index is 0.487. The standard InChI is InChI=1S/C12H17N3O2S/c1-4-13-12(18)15-14-8-9-5-6-10(16-2)7-11(9)17-3/h5-8H,4H2,1-3H3,(H2,13,15,18)/b14-8+. The molecular weight excluding hydrogens is 250 g/mol. The van der Waals surface area contributed by atoms with Gasteiger partial charge in [-0.05, 0) is 31.3 Å². The Morgan fingerprint density at radius 1 is 1.39 bits per heavy atom. The fraction of sp³-hybridized carbons (Fsp3) is 0.333. The molecule has 2 N–H and O–H groups in total. The number of hydrogen-bond donors (Lipinski definition) is 2. The van der Waals surface area contributed by atoms with Gasteiger partial charge in [-0.2, -0.15) is 5.10 Å². The fourth-order valence-corrected chi connectivity index (χ4v) is 1.48. The van der Waals surface area contributed by atoms with Crippen molar-refractivity contribution < 1.29 is 9.47 Å². The van der Waals surface area contributed by atoms with Gasteiger partial charge < -0.3 is 14.8 Å². The monoisotopic (exact) mass is 267 g/mol. The lowest BCUT2D eigenvalue weighted by Gasteiger charge is -2.07. The van der Waals surface area contributed by atoms with Crippen LogP contribution in [0, 0.1) is 0 Å². The van der Waals surface area contributed by atoms with Gasteiger partial charge in [0.25, 0.3) is 0 Å². The number of rotatable bonds is 5. The summed E-state index contributed by atoms with van der Waals surface area (Å²) in [5.74, 6) is 1.43. The zero-order chi connectivity index (χ0) is 13.4. The number of nitrogens with one attached hydrogen (secondary N) is 2. The van der Waals surface area contributed by atoms with Crippen molar-refractivity contribution in [1.82, 2.24) is 10.7 Å². The number of methoxy groups -OCH3 is 2. The number of hydrazone groups is 1. The average molecular weight is 267 g/mol. The minimum atomic E-state index is 0.487. The predicted molar refractivity (Wildman–Crippen MR) is 76.6 cm³/mol. The summed E-state index contributed by atoms with van der Waals surface area (Å²) in [5.41, 5.74) is 3.55. The number of hydrogen-bond acceptors (Lipinski definition) is 4. The van der Waals surface area contributed by atoms with E-state index in [9.17, 15) is 0 Å². The molecule has 0 bridgehead atoms. The second kappa shape index (κ2) is 7.50. The van der Waals surface area contributed by atoms with Crippen LogP contribution in [0.2, 0.25) is 0 Å². The second-order valence-electron chi connectivity index (χ2n) is 3.34. The molecule has 0 aliphatic rings. The summed E-state index contributed by atoms with van der Waals surface area (Å²) in [6.07, 6.45) is 1.64. The molecule has 0 aliphatic heterocycles. The quantitative estimate of drug-likeness (QED) is 0.481. The topological polar surface area (TPSA) is 54.9 Å². The largest absolute Gasteiger partial charge is 0.497 e. The van der Waals surface area contributed by atoms with Crippen LogP contribution in [0.5, 0.6) is 11.5 Å². The van der Waals surface area contributed by atoms with Gasteiger partial charge in [0.15, 0.2) is 5.11 Å². The summed E-state index contributed by atoms with van der Waals surface area (Å²) >= 11 is 4.98. The molecule has 98 valence electrons. The Balaban J connectivity index is 2.71. The zero-order valence-electron chi connectivity index (χ0n) is 10.7. The highest BCUT2D eigenvalue weighted by Gasteiger charge is 2.02. The van der Waals surface area contributed by atoms with E-state index in [1.54, 1.807) is 26.5 Å². The Bertz CT molecular complexity index is 435. The highest BCUT2D eigenvalue weighted by atomic mass is 32.1. The van der Waals surface area contributed by atoms with Crippen LogP contribution in [-0.4, -0.2) is 32.1 Å². The van der Waals surface area contributed by atoms with Crippen LogP contribution < -0.4 is 20.2 Å². The van der Waals surface area contributed by atoms with Crippen LogP contribution in [-0.2, 0) is 0 Å². The maximum Gasteiger partial charge on any atom is 0.186 e. The Morgan fingerprint density at radius 2 is 2.17 bits per heavy atom. The first-order valence-electron chi connectivity index (χ1n) is 5.50. The van der Waals surface area contributed by atoms with Crippen molar-refractivity contribution in [3.63, 3.8) is 0 Å². The highest BCUT2D eigenvalue weighted by molar-refractivity contribution is 7.80. The van der Waals surface area contributed by atoms with Crippen molar-refractivity contribution in [2.45, 2.75) is 6.92 Å². The summed E-state index contributed by atoms with van der Waals surface area (Å²) in [6, 6.07) is 5.50. The maximum atomic E-state index is 5.25. The van der Waals surface area contributed by atoms with Gasteiger partial charge in [0, 0.05) is 18.2 Å². The van der Waals surface area contributed by atoms with Gasteiger partial charge in [0.05, 0.1) is 20.4 Å². The number of thiocarbonyl (C=S) groups is 1. The van der Waals surface area contributed by atoms with Crippen molar-refractivity contribution in [2.75, 3.05) is 20.8 Å². The lowest BCUT2D eigenvalue weighted by atomic mass is 10.2. The molecule has 0 spiro atoms. The summed E-state index contributed by atoms with van der Waals surface area (Å²) in [5, 5.41) is 7.45. The SMILES string of the molecule is CCNC(=S)N/N=C/c1ccc(OC)cc1OC. The normalized spacial score (nSPS) is 10.2. The van der Waals surface area contributed by atoms with E-state index < -0.39 is 0 Å². The summed E-state index contributed by atoms with van der Waals surface area (Å²) in [7, 11) is 3.21. The Morgan fingerprint density at radius 3 is 2.78 bits per heavy atom. The van der Waals surface area contributed by atoms with Gasteiger partial charge in [-0.3, -0.25) is 5.43 Å². The molecule has 0 unspecified atom stereocenters. The summed E-state index contributed by atoms with van der Waals surface area (Å²) < 4.78 is 10.4. The number of benzene rings is 1. The van der Waals surface area contributed by atoms with Crippen molar-refractivity contribution in [3.05, 3.63) is 23.8 Å². The fourth-order valence-electron chi connectivity index (χ4n) is 1.29. The van der Waals surface area contributed by atoms with Gasteiger partial charge >= 0.3 is 0 Å². The molecule has 1 rings (SSSR count). The number of nitrogens with zero attached hydrogens (tertiary/aromatic N) is 1. The molecule has 0 atom stereocenters. The van der Waals surface area contributed by atoms with Gasteiger partial charge in [-0.25, -0.2) is 0 Å². The number of ether oxygens (including phenoxy) is 2. The first-order valence-corrected chi connectivity index (χ1v) is 5.91. The van der Waals surface area contributed by atoms with Crippen molar-refractivity contribution in [3.8, 4) is 11.5 Å². The average Bonchev–Trinajstić information content (AvgIpc) is 2.39. The highest BCUT2D eigenvalue weighted by Crippen LogP contribution is 2.22. The molecule has 6 heteroatoms. The van der Waals surface area contributed by atoms with Crippen molar-refractivity contribution in [1.29, 1.82) is 0 Å². The molecule has 0 saturated carbocycles. The molecule has 1 aromatic carbocycles. The molecule has 1 aromatic rings. The van der Waals surface area contributed by atoms with Crippen LogP contribution in [0.15, 0.2) is 23.3 Å². The van der Waals surface area contributed by atoms with E-state index >= 15 is 0 Å². The lowest BCUT2D eigenvalue weighted by Crippen LogP contribution is -2.31. The Labute approximate surface area is 112 Å². The lowest BCUT2D eigenvalue weighted by molar-refractivity contribution is 0.394. The van der Waals surface area contributed by atoms with Crippen LogP contribution in [0.1, 0.15) is 12.5 Å². The first kappa shape index (κ1) is 14.2. The smallest absolute Gasteiger partial charge is 0.186 e. The van der Waals surface area contributed by atoms with Gasteiger partial charge in [0.2, 0.25) is 0 Å². The maximum absolute atomic E-state index is 5.25. The van der Waals surface area contributed by atoms with E-state index in [4.69, 9.17) is 21.7 Å². The second-order valence-corrected chi connectivity index (χ2v) is 3.75. The first-order chi connectivity index (χ1) is 8.71. The third kappa shape index (κ3) is 4.21. The van der Waals surface area contributed by atoms with E-state index in [2.05, 4.69) is 15.8 Å². The molecule has 0 aromatic heterocycles. The molecule has 18 heavy (non-hydrogen) atoms. The molecule has 0 fully saturated rings. The summed E-state index contributed by atoms with van der Waals surface area (Å²) in [6.45, 7) is 2.72. The molecular formula is C12H17N3O2S. The zero-order valence-corrected chi connectivity index (χ0v) is 11.5. The van der Waals surface area contributed by atoms with Crippen molar-refractivity contribution in [2.24, 2.45) is 5.10 Å². The van der Waals surface area contributed by atoms with Gasteiger partial charge in [-0.15, -0.1) is 0 Å². The molecule has 0 aliphatic carbocycles. The molecule has 0 amide bonds. The predicted octanol–water partition coefficient (Wildman–Crippen LogP) is 1.52. The van der Waals surface area contributed by atoms with Crippen LogP contribution >= 0.6 is 12.2 Å².